The van der Waals surface area contributed by atoms with Crippen LogP contribution in [0.5, 0.6) is 0 Å². The summed E-state index contributed by atoms with van der Waals surface area (Å²) in [7, 11) is 0. The summed E-state index contributed by atoms with van der Waals surface area (Å²) in [6.07, 6.45) is 0.765. The molecule has 0 radical (unpaired) electrons. The molecule has 1 aliphatic carbocycles. The summed E-state index contributed by atoms with van der Waals surface area (Å²) in [6.45, 7) is 10.3. The van der Waals surface area contributed by atoms with Crippen LogP contribution in [0.25, 0.3) is 0 Å². The minimum absolute atomic E-state index is 0.0261. The maximum absolute atomic E-state index is 13.5. The van der Waals surface area contributed by atoms with Crippen LogP contribution in [-0.2, 0) is 4.79 Å². The van der Waals surface area contributed by atoms with Crippen molar-refractivity contribution < 1.29 is 9.18 Å². The monoisotopic (exact) mass is 215 g/mol. The summed E-state index contributed by atoms with van der Waals surface area (Å²) in [4.78, 5) is 11.6. The number of nitrogens with one attached hydrogen (secondary N) is 1. The summed E-state index contributed by atoms with van der Waals surface area (Å²) in [5.74, 6) is -0.104. The maximum atomic E-state index is 13.5. The van der Waals surface area contributed by atoms with Crippen LogP contribution in [0.1, 0.15) is 47.5 Å². The highest BCUT2D eigenvalue weighted by molar-refractivity contribution is 5.88. The molecule has 1 rings (SSSR count). The average Bonchev–Trinajstić information content (AvgIpc) is 2.77. The number of carbonyl (C=O) groups excluding carboxylic acids is 1. The van der Waals surface area contributed by atoms with Crippen LogP contribution in [0.2, 0.25) is 0 Å². The standard InChI is InChI=1S/C12H22FNO/c1-8(2)9(11(3,4)5)14-10(15)12(13)6-7-12/h8-9H,6-7H2,1-5H3,(H,14,15)/t9-/m0/s1. The number of hydrogen-bond donors (Lipinski definition) is 1. The van der Waals surface area contributed by atoms with Gasteiger partial charge in [-0.15, -0.1) is 0 Å². The smallest absolute Gasteiger partial charge is 0.257 e. The van der Waals surface area contributed by atoms with E-state index in [-0.39, 0.29) is 11.5 Å². The summed E-state index contributed by atoms with van der Waals surface area (Å²) in [6, 6.07) is 0.0261. The highest BCUT2D eigenvalue weighted by atomic mass is 19.1. The number of alkyl halides is 1. The topological polar surface area (TPSA) is 29.1 Å². The van der Waals surface area contributed by atoms with Crippen molar-refractivity contribution in [2.75, 3.05) is 0 Å². The van der Waals surface area contributed by atoms with Gasteiger partial charge in [0, 0.05) is 6.04 Å². The average molecular weight is 215 g/mol. The Hall–Kier alpha value is -0.600. The van der Waals surface area contributed by atoms with Gasteiger partial charge in [0.05, 0.1) is 0 Å². The summed E-state index contributed by atoms with van der Waals surface area (Å²) < 4.78 is 13.5. The minimum atomic E-state index is -1.56. The molecule has 0 aromatic rings. The van der Waals surface area contributed by atoms with Gasteiger partial charge in [-0.25, -0.2) is 4.39 Å². The first kappa shape index (κ1) is 12.5. The van der Waals surface area contributed by atoms with Crippen LogP contribution in [-0.4, -0.2) is 17.6 Å². The van der Waals surface area contributed by atoms with E-state index >= 15 is 0 Å². The molecule has 3 heteroatoms. The third kappa shape index (κ3) is 2.93. The zero-order chi connectivity index (χ0) is 11.9. The minimum Gasteiger partial charge on any atom is -0.350 e. The molecule has 1 N–H and O–H groups in total. The van der Waals surface area contributed by atoms with E-state index in [0.717, 1.165) is 0 Å². The molecular weight excluding hydrogens is 193 g/mol. The zero-order valence-corrected chi connectivity index (χ0v) is 10.4. The first-order chi connectivity index (χ1) is 6.67. The van der Waals surface area contributed by atoms with Gasteiger partial charge in [-0.2, -0.15) is 0 Å². The molecule has 0 aromatic carbocycles. The van der Waals surface area contributed by atoms with Gasteiger partial charge in [0.2, 0.25) is 0 Å². The number of halogens is 1. The van der Waals surface area contributed by atoms with Gasteiger partial charge < -0.3 is 5.32 Å². The quantitative estimate of drug-likeness (QED) is 0.770. The molecular formula is C12H22FNO. The molecule has 0 spiro atoms. The lowest BCUT2D eigenvalue weighted by Gasteiger charge is -2.35. The van der Waals surface area contributed by atoms with Gasteiger partial charge in [0.1, 0.15) is 0 Å². The van der Waals surface area contributed by atoms with Crippen molar-refractivity contribution in [2.24, 2.45) is 11.3 Å². The summed E-state index contributed by atoms with van der Waals surface area (Å²) >= 11 is 0. The molecule has 0 saturated heterocycles. The molecule has 0 heterocycles. The number of carbonyl (C=O) groups is 1. The van der Waals surface area contributed by atoms with E-state index in [0.29, 0.717) is 18.8 Å². The fourth-order valence-corrected chi connectivity index (χ4v) is 1.99. The van der Waals surface area contributed by atoms with E-state index in [1.54, 1.807) is 0 Å². The van der Waals surface area contributed by atoms with Crippen LogP contribution in [0.3, 0.4) is 0 Å². The molecule has 1 amide bonds. The van der Waals surface area contributed by atoms with Crippen molar-refractivity contribution in [3.63, 3.8) is 0 Å². The van der Waals surface area contributed by atoms with Gasteiger partial charge >= 0.3 is 0 Å². The molecule has 0 unspecified atom stereocenters. The highest BCUT2D eigenvalue weighted by Crippen LogP contribution is 2.40. The number of amides is 1. The second kappa shape index (κ2) is 3.76. The molecule has 15 heavy (non-hydrogen) atoms. The number of hydrogen-bond acceptors (Lipinski definition) is 1. The Balaban J connectivity index is 2.63. The van der Waals surface area contributed by atoms with Crippen molar-refractivity contribution in [1.29, 1.82) is 0 Å². The highest BCUT2D eigenvalue weighted by Gasteiger charge is 2.51. The largest absolute Gasteiger partial charge is 0.350 e. The van der Waals surface area contributed by atoms with E-state index < -0.39 is 11.6 Å². The second-order valence-electron chi connectivity index (χ2n) is 6.03. The van der Waals surface area contributed by atoms with Crippen molar-refractivity contribution in [2.45, 2.75) is 59.2 Å². The van der Waals surface area contributed by atoms with E-state index in [9.17, 15) is 9.18 Å². The molecule has 2 nitrogen and oxygen atoms in total. The van der Waals surface area contributed by atoms with Crippen LogP contribution < -0.4 is 5.32 Å². The summed E-state index contributed by atoms with van der Waals surface area (Å²) in [5.41, 5.74) is -1.59. The Kier molecular flexibility index (Phi) is 3.13. The van der Waals surface area contributed by atoms with Gasteiger partial charge in [0.25, 0.3) is 5.91 Å². The van der Waals surface area contributed by atoms with Gasteiger partial charge in [0.15, 0.2) is 5.67 Å². The maximum Gasteiger partial charge on any atom is 0.257 e. The molecule has 1 aliphatic rings. The van der Waals surface area contributed by atoms with E-state index in [2.05, 4.69) is 26.1 Å². The Bertz CT molecular complexity index is 251. The molecule has 0 bridgehead atoms. The lowest BCUT2D eigenvalue weighted by molar-refractivity contribution is -0.129. The molecule has 1 saturated carbocycles. The Morgan fingerprint density at radius 1 is 1.33 bits per heavy atom. The molecule has 1 atom stereocenters. The van der Waals surface area contributed by atoms with Crippen LogP contribution in [0.4, 0.5) is 4.39 Å². The van der Waals surface area contributed by atoms with Gasteiger partial charge in [-0.05, 0) is 24.2 Å². The Morgan fingerprint density at radius 3 is 2.07 bits per heavy atom. The van der Waals surface area contributed by atoms with Crippen molar-refractivity contribution in [1.82, 2.24) is 5.32 Å². The molecule has 0 aliphatic heterocycles. The Labute approximate surface area is 91.6 Å². The lowest BCUT2D eigenvalue weighted by Crippen LogP contribution is -2.50. The van der Waals surface area contributed by atoms with Crippen LogP contribution in [0, 0.1) is 11.3 Å². The van der Waals surface area contributed by atoms with Crippen molar-refractivity contribution in [3.8, 4) is 0 Å². The molecule has 0 aromatic heterocycles. The fraction of sp³-hybridized carbons (Fsp3) is 0.917. The predicted octanol–water partition coefficient (Wildman–Crippen LogP) is 2.68. The first-order valence-corrected chi connectivity index (χ1v) is 5.67. The third-order valence-corrected chi connectivity index (χ3v) is 2.98. The Morgan fingerprint density at radius 2 is 1.80 bits per heavy atom. The lowest BCUT2D eigenvalue weighted by atomic mass is 9.80. The first-order valence-electron chi connectivity index (χ1n) is 5.67. The van der Waals surface area contributed by atoms with Crippen molar-refractivity contribution in [3.05, 3.63) is 0 Å². The fourth-order valence-electron chi connectivity index (χ4n) is 1.99. The normalized spacial score (nSPS) is 21.3. The van der Waals surface area contributed by atoms with E-state index in [1.807, 2.05) is 13.8 Å². The zero-order valence-electron chi connectivity index (χ0n) is 10.4. The van der Waals surface area contributed by atoms with Crippen LogP contribution in [0.15, 0.2) is 0 Å². The van der Waals surface area contributed by atoms with Gasteiger partial charge in [-0.1, -0.05) is 34.6 Å². The summed E-state index contributed by atoms with van der Waals surface area (Å²) in [5, 5.41) is 2.84. The number of rotatable bonds is 3. The molecule has 88 valence electrons. The predicted molar refractivity (Wildman–Crippen MR) is 59.3 cm³/mol. The molecule has 1 fully saturated rings. The SMILES string of the molecule is CC(C)[C@H](NC(=O)C1(F)CC1)C(C)(C)C. The second-order valence-corrected chi connectivity index (χ2v) is 6.03. The van der Waals surface area contributed by atoms with Gasteiger partial charge in [-0.3, -0.25) is 4.79 Å². The van der Waals surface area contributed by atoms with E-state index in [1.165, 1.54) is 0 Å². The van der Waals surface area contributed by atoms with E-state index in [4.69, 9.17) is 0 Å². The van der Waals surface area contributed by atoms with Crippen LogP contribution >= 0.6 is 0 Å². The third-order valence-electron chi connectivity index (χ3n) is 2.98. The van der Waals surface area contributed by atoms with Crippen molar-refractivity contribution >= 4 is 5.91 Å².